The molecule has 0 saturated carbocycles. The number of benzene rings is 2. The van der Waals surface area contributed by atoms with Crippen molar-refractivity contribution in [3.05, 3.63) is 70.4 Å². The molecule has 6 nitrogen and oxygen atoms in total. The van der Waals surface area contributed by atoms with Crippen LogP contribution in [0, 0.1) is 0 Å². The van der Waals surface area contributed by atoms with Crippen molar-refractivity contribution in [1.29, 1.82) is 0 Å². The Morgan fingerprint density at radius 2 is 1.85 bits per heavy atom. The maximum absolute atomic E-state index is 13.6. The fourth-order valence-electron chi connectivity index (χ4n) is 4.49. The Morgan fingerprint density at radius 1 is 1.15 bits per heavy atom. The zero-order chi connectivity index (χ0) is 23.8. The van der Waals surface area contributed by atoms with Crippen molar-refractivity contribution in [3.8, 4) is 0 Å². The van der Waals surface area contributed by atoms with Crippen molar-refractivity contribution in [1.82, 2.24) is 15.2 Å². The number of carbonyl (C=O) groups excluding carboxylic acids is 2. The van der Waals surface area contributed by atoms with Gasteiger partial charge in [0, 0.05) is 53.5 Å². The summed E-state index contributed by atoms with van der Waals surface area (Å²) in [6.45, 7) is 8.10. The number of hydrogen-bond donors (Lipinski definition) is 2. The summed E-state index contributed by atoms with van der Waals surface area (Å²) in [5, 5.41) is 5.06. The first kappa shape index (κ1) is 23.3. The molecule has 3 aromatic rings. The number of fused-ring (bicyclic) bond motifs is 3. The highest BCUT2D eigenvalue weighted by atomic mass is 35.5. The summed E-state index contributed by atoms with van der Waals surface area (Å²) < 4.78 is 5.73. The smallest absolute Gasteiger partial charge is 0.304 e. The van der Waals surface area contributed by atoms with Gasteiger partial charge in [-0.1, -0.05) is 41.9 Å². The van der Waals surface area contributed by atoms with E-state index in [1.54, 1.807) is 4.90 Å². The molecule has 0 saturated heterocycles. The van der Waals surface area contributed by atoms with Gasteiger partial charge in [0.15, 0.2) is 6.23 Å². The zero-order valence-electron chi connectivity index (χ0n) is 19.4. The molecule has 4 rings (SSSR count). The number of hydrogen-bond acceptors (Lipinski definition) is 4. The van der Waals surface area contributed by atoms with E-state index in [9.17, 15) is 9.59 Å². The second kappa shape index (κ2) is 9.20. The third kappa shape index (κ3) is 5.07. The monoisotopic (exact) mass is 467 g/mol. The molecule has 1 aliphatic heterocycles. The van der Waals surface area contributed by atoms with Crippen molar-refractivity contribution < 1.29 is 14.3 Å². The van der Waals surface area contributed by atoms with Crippen LogP contribution in [0.5, 0.6) is 0 Å². The quantitative estimate of drug-likeness (QED) is 0.520. The molecule has 33 heavy (non-hydrogen) atoms. The number of ether oxygens (including phenoxy) is 1. The first-order valence-electron chi connectivity index (χ1n) is 11.2. The Kier molecular flexibility index (Phi) is 6.50. The fourth-order valence-corrected chi connectivity index (χ4v) is 4.62. The van der Waals surface area contributed by atoms with Crippen LogP contribution >= 0.6 is 11.6 Å². The topological polar surface area (TPSA) is 74.4 Å². The van der Waals surface area contributed by atoms with Crippen LogP contribution in [0.25, 0.3) is 10.9 Å². The third-order valence-corrected chi connectivity index (χ3v) is 6.11. The highest BCUT2D eigenvalue weighted by Gasteiger charge is 2.41. The first-order chi connectivity index (χ1) is 15.6. The van der Waals surface area contributed by atoms with Gasteiger partial charge in [-0.25, -0.2) is 0 Å². The Labute approximate surface area is 199 Å². The molecule has 2 aromatic carbocycles. The molecule has 1 amide bonds. The predicted octanol–water partition coefficient (Wildman–Crippen LogP) is 4.96. The van der Waals surface area contributed by atoms with E-state index in [0.717, 1.165) is 27.7 Å². The number of para-hydroxylation sites is 1. The van der Waals surface area contributed by atoms with Crippen LogP contribution < -0.4 is 5.32 Å². The van der Waals surface area contributed by atoms with Gasteiger partial charge in [-0.15, -0.1) is 0 Å². The van der Waals surface area contributed by atoms with Crippen molar-refractivity contribution in [2.45, 2.75) is 58.3 Å². The van der Waals surface area contributed by atoms with Crippen LogP contribution in [0.4, 0.5) is 0 Å². The Hall–Kier alpha value is -2.83. The van der Waals surface area contributed by atoms with Crippen LogP contribution in [0.15, 0.2) is 48.5 Å². The van der Waals surface area contributed by atoms with Gasteiger partial charge in [-0.05, 0) is 50.1 Å². The lowest BCUT2D eigenvalue weighted by molar-refractivity contribution is -0.167. The number of nitrogens with zero attached hydrogens (tertiary/aromatic N) is 1. The molecule has 2 heterocycles. The number of nitrogens with one attached hydrogen (secondary N) is 2. The summed E-state index contributed by atoms with van der Waals surface area (Å²) in [5.41, 5.74) is 3.80. The van der Waals surface area contributed by atoms with E-state index >= 15 is 0 Å². The van der Waals surface area contributed by atoms with Gasteiger partial charge in [0.05, 0.1) is 0 Å². The molecule has 0 spiro atoms. The van der Waals surface area contributed by atoms with Gasteiger partial charge in [0.1, 0.15) is 6.04 Å². The minimum Gasteiger partial charge on any atom is -0.441 e. The molecule has 2 N–H and O–H groups in total. The Balaban J connectivity index is 1.81. The van der Waals surface area contributed by atoms with Crippen LogP contribution in [0.2, 0.25) is 5.02 Å². The molecule has 1 aromatic heterocycles. The number of H-pyrrole nitrogens is 1. The van der Waals surface area contributed by atoms with Crippen LogP contribution in [-0.2, 0) is 20.7 Å². The molecule has 7 heteroatoms. The van der Waals surface area contributed by atoms with Crippen molar-refractivity contribution >= 4 is 34.4 Å². The standard InChI is InChI=1S/C26H30ClN3O3/c1-16(31)33-23-15-20-19-7-5-6-8-21(19)29-24(20)25(17-9-11-18(27)12-10-17)30(23)22(32)13-14-28-26(2,3)4/h5-12,23,25,28-29H,13-15H2,1-4H3/t23-,25+/m0/s1. The highest BCUT2D eigenvalue weighted by Crippen LogP contribution is 2.41. The summed E-state index contributed by atoms with van der Waals surface area (Å²) in [6, 6.07) is 15.1. The Morgan fingerprint density at radius 3 is 2.52 bits per heavy atom. The highest BCUT2D eigenvalue weighted by molar-refractivity contribution is 6.30. The van der Waals surface area contributed by atoms with Gasteiger partial charge in [0.25, 0.3) is 0 Å². The number of esters is 1. The van der Waals surface area contributed by atoms with Crippen molar-refractivity contribution in [3.63, 3.8) is 0 Å². The number of aromatic nitrogens is 1. The van der Waals surface area contributed by atoms with E-state index in [1.165, 1.54) is 6.92 Å². The van der Waals surface area contributed by atoms with Gasteiger partial charge >= 0.3 is 5.97 Å². The number of amides is 1. The molecule has 2 atom stereocenters. The van der Waals surface area contributed by atoms with Gasteiger partial charge in [-0.3, -0.25) is 14.5 Å². The number of carbonyl (C=O) groups is 2. The minimum absolute atomic E-state index is 0.0812. The van der Waals surface area contributed by atoms with Crippen LogP contribution in [-0.4, -0.2) is 40.1 Å². The van der Waals surface area contributed by atoms with E-state index in [1.807, 2.05) is 42.5 Å². The first-order valence-corrected chi connectivity index (χ1v) is 11.6. The summed E-state index contributed by atoms with van der Waals surface area (Å²) in [5.74, 6) is -0.494. The molecular weight excluding hydrogens is 438 g/mol. The summed E-state index contributed by atoms with van der Waals surface area (Å²) in [7, 11) is 0. The molecule has 0 unspecified atom stereocenters. The zero-order valence-corrected chi connectivity index (χ0v) is 20.2. The largest absolute Gasteiger partial charge is 0.441 e. The Bertz CT molecular complexity index is 1160. The van der Waals surface area contributed by atoms with E-state index in [4.69, 9.17) is 16.3 Å². The second-order valence-corrected chi connectivity index (χ2v) is 9.95. The van der Waals surface area contributed by atoms with Gasteiger partial charge in [0.2, 0.25) is 5.91 Å². The normalized spacial score (nSPS) is 18.3. The lowest BCUT2D eigenvalue weighted by Crippen LogP contribution is -2.50. The van der Waals surface area contributed by atoms with Crippen LogP contribution in [0.1, 0.15) is 57.0 Å². The molecule has 0 aliphatic carbocycles. The lowest BCUT2D eigenvalue weighted by Gasteiger charge is -2.41. The van der Waals surface area contributed by atoms with Gasteiger partial charge < -0.3 is 15.0 Å². The molecule has 174 valence electrons. The second-order valence-electron chi connectivity index (χ2n) is 9.51. The van der Waals surface area contributed by atoms with E-state index in [2.05, 4.69) is 37.1 Å². The molecule has 1 aliphatic rings. The summed E-state index contributed by atoms with van der Waals surface area (Å²) in [6.07, 6.45) is 0.0212. The molecular formula is C26H30ClN3O3. The number of rotatable bonds is 5. The average molecular weight is 468 g/mol. The number of halogens is 1. The third-order valence-electron chi connectivity index (χ3n) is 5.86. The lowest BCUT2D eigenvalue weighted by atomic mass is 9.91. The van der Waals surface area contributed by atoms with E-state index < -0.39 is 18.2 Å². The van der Waals surface area contributed by atoms with Crippen LogP contribution in [0.3, 0.4) is 0 Å². The minimum atomic E-state index is -0.697. The summed E-state index contributed by atoms with van der Waals surface area (Å²) in [4.78, 5) is 30.9. The van der Waals surface area contributed by atoms with Gasteiger partial charge in [-0.2, -0.15) is 0 Å². The molecule has 0 bridgehead atoms. The molecule has 0 radical (unpaired) electrons. The number of aromatic amines is 1. The SMILES string of the molecule is CC(=O)O[C@H]1Cc2c([nH]c3ccccc23)[C@@H](c2ccc(Cl)cc2)N1C(=O)CCNC(C)(C)C. The maximum Gasteiger partial charge on any atom is 0.304 e. The average Bonchev–Trinajstić information content (AvgIpc) is 3.10. The molecule has 0 fully saturated rings. The van der Waals surface area contributed by atoms with E-state index in [-0.39, 0.29) is 17.9 Å². The predicted molar refractivity (Wildman–Crippen MR) is 130 cm³/mol. The van der Waals surface area contributed by atoms with Crippen molar-refractivity contribution in [2.24, 2.45) is 0 Å². The summed E-state index contributed by atoms with van der Waals surface area (Å²) >= 11 is 6.16. The fraction of sp³-hybridized carbons (Fsp3) is 0.385. The van der Waals surface area contributed by atoms with Crippen molar-refractivity contribution in [2.75, 3.05) is 6.54 Å². The van der Waals surface area contributed by atoms with E-state index in [0.29, 0.717) is 18.0 Å². The maximum atomic E-state index is 13.6.